The average molecular weight is 140 g/mol. The van der Waals surface area contributed by atoms with Crippen molar-refractivity contribution < 1.29 is 16.4 Å². The van der Waals surface area contributed by atoms with Gasteiger partial charge >= 0.3 is 0 Å². The average Bonchev–Trinajstić information content (AvgIpc) is 2.19. The fourth-order valence-electron chi connectivity index (χ4n) is 0.466. The van der Waals surface area contributed by atoms with Crippen molar-refractivity contribution in [2.45, 2.75) is 19.7 Å². The summed E-state index contributed by atoms with van der Waals surface area (Å²) in [4.78, 5) is 0. The van der Waals surface area contributed by atoms with E-state index in [1.165, 1.54) is 0 Å². The quantitative estimate of drug-likeness (QED) is 0.544. The van der Waals surface area contributed by atoms with Crippen LogP contribution in [0, 0.1) is 5.89 Å². The van der Waals surface area contributed by atoms with Crippen LogP contribution in [0.1, 0.15) is 30.2 Å². The maximum absolute atomic E-state index is 8.05. The zero-order valence-electron chi connectivity index (χ0n) is 16.7. The zero-order valence-corrected chi connectivity index (χ0v) is 4.71. The lowest BCUT2D eigenvalue weighted by molar-refractivity contribution is 0.342. The standard InChI is InChI=1S/C7H16N2/c1-6(2)7-5-8-3-4-9-7/h6-9H,3-5H2,1-2H3/i1D3,2D3,4D2,5D2,6D,7D. The molecule has 2 heteroatoms. The highest BCUT2D eigenvalue weighted by molar-refractivity contribution is 4.77. The molecule has 0 radical (unpaired) electrons. The first-order valence-electron chi connectivity index (χ1n) is 8.46. The minimum absolute atomic E-state index is 0.612. The Morgan fingerprint density at radius 2 is 2.89 bits per heavy atom. The van der Waals surface area contributed by atoms with Gasteiger partial charge in [0.1, 0.15) is 0 Å². The minimum Gasteiger partial charge on any atom is -0.314 e. The van der Waals surface area contributed by atoms with Gasteiger partial charge in [0, 0.05) is 42.0 Å². The van der Waals surface area contributed by atoms with Gasteiger partial charge in [0.05, 0.1) is 0 Å². The van der Waals surface area contributed by atoms with Crippen LogP contribution in [0.25, 0.3) is 0 Å². The van der Waals surface area contributed by atoms with Gasteiger partial charge in [0.15, 0.2) is 0 Å². The van der Waals surface area contributed by atoms with E-state index in [9.17, 15) is 0 Å². The number of hydrogen-bond acceptors (Lipinski definition) is 2. The Morgan fingerprint density at radius 3 is 3.67 bits per heavy atom. The third-order valence-corrected chi connectivity index (χ3v) is 0.854. The van der Waals surface area contributed by atoms with Crippen molar-refractivity contribution >= 4 is 0 Å². The van der Waals surface area contributed by atoms with E-state index < -0.39 is 45.2 Å². The maximum Gasteiger partial charge on any atom is 0.0481 e. The first-order chi connectivity index (χ1) is 8.91. The fourth-order valence-corrected chi connectivity index (χ4v) is 0.466. The van der Waals surface area contributed by atoms with Gasteiger partial charge in [0.25, 0.3) is 0 Å². The lowest BCUT2D eigenvalue weighted by Crippen LogP contribution is -2.50. The van der Waals surface area contributed by atoms with E-state index in [1.807, 2.05) is 5.32 Å². The van der Waals surface area contributed by atoms with Crippen LogP contribution in [0.3, 0.4) is 0 Å². The van der Waals surface area contributed by atoms with Gasteiger partial charge in [-0.3, -0.25) is 0 Å². The molecule has 0 aliphatic carbocycles. The molecule has 0 spiro atoms. The Hall–Kier alpha value is -0.0800. The van der Waals surface area contributed by atoms with Crippen molar-refractivity contribution in [2.24, 2.45) is 5.89 Å². The zero-order chi connectivity index (χ0) is 17.1. The smallest absolute Gasteiger partial charge is 0.0481 e. The molecule has 1 rings (SSSR count). The van der Waals surface area contributed by atoms with Crippen LogP contribution in [-0.4, -0.2) is 25.6 Å². The molecule has 1 fully saturated rings. The van der Waals surface area contributed by atoms with E-state index in [-0.39, 0.29) is 0 Å². The molecule has 2 nitrogen and oxygen atoms in total. The van der Waals surface area contributed by atoms with Gasteiger partial charge in [-0.05, 0) is 5.89 Å². The highest BCUT2D eigenvalue weighted by Gasteiger charge is 2.14. The Balaban J connectivity index is 3.60. The van der Waals surface area contributed by atoms with Crippen LogP contribution in [-0.2, 0) is 0 Å². The van der Waals surface area contributed by atoms with Gasteiger partial charge in [-0.25, -0.2) is 0 Å². The lowest BCUT2D eigenvalue weighted by Gasteiger charge is -2.27. The summed E-state index contributed by atoms with van der Waals surface area (Å²) >= 11 is 0. The summed E-state index contributed by atoms with van der Waals surface area (Å²) in [5, 5.41) is 3.75. The summed E-state index contributed by atoms with van der Waals surface area (Å²) in [6.45, 7) is -13.1. The molecule has 54 valence electrons. The molecule has 1 atom stereocenters. The minimum atomic E-state index is -3.60. The van der Waals surface area contributed by atoms with Crippen LogP contribution in [0.5, 0.6) is 0 Å². The molecule has 1 heterocycles. The fraction of sp³-hybridized carbons (Fsp3) is 1.00. The SMILES string of the molecule is [2H]C1([2H])CNC([2H])([2H])C([2H])(C([2H])(C([2H])([2H])[2H])C([2H])([2H])[2H])N1. The van der Waals surface area contributed by atoms with E-state index >= 15 is 0 Å². The van der Waals surface area contributed by atoms with Gasteiger partial charge < -0.3 is 10.6 Å². The molecule has 0 saturated carbocycles. The van der Waals surface area contributed by atoms with Crippen LogP contribution in [0.4, 0.5) is 0 Å². The highest BCUT2D eigenvalue weighted by Crippen LogP contribution is 2.00. The van der Waals surface area contributed by atoms with Gasteiger partial charge in [-0.1, -0.05) is 13.7 Å². The second-order valence-corrected chi connectivity index (χ2v) is 1.53. The summed E-state index contributed by atoms with van der Waals surface area (Å²) in [7, 11) is 0. The normalized spacial score (nSPS) is 72.0. The second-order valence-electron chi connectivity index (χ2n) is 1.53. The summed E-state index contributed by atoms with van der Waals surface area (Å²) in [6.07, 6.45) is 0. The third-order valence-electron chi connectivity index (χ3n) is 0.854. The third kappa shape index (κ3) is 1.95. The first-order valence-corrected chi connectivity index (χ1v) is 2.46. The molecule has 1 saturated heterocycles. The monoisotopic (exact) mass is 140 g/mol. The Morgan fingerprint density at radius 1 is 2.00 bits per heavy atom. The summed E-state index contributed by atoms with van der Waals surface area (Å²) in [5.41, 5.74) is 0. The largest absolute Gasteiger partial charge is 0.314 e. The second kappa shape index (κ2) is 3.18. The van der Waals surface area contributed by atoms with Crippen molar-refractivity contribution in [3.63, 3.8) is 0 Å². The number of hydrogen-bond donors (Lipinski definition) is 2. The summed E-state index contributed by atoms with van der Waals surface area (Å²) < 4.78 is 90.3. The summed E-state index contributed by atoms with van der Waals surface area (Å²) in [6, 6.07) is -3.28. The number of rotatable bonds is 1. The maximum atomic E-state index is 8.05. The molecule has 0 aromatic rings. The first kappa shape index (κ1) is 1.28. The van der Waals surface area contributed by atoms with Crippen molar-refractivity contribution in [1.82, 2.24) is 10.6 Å². The Kier molecular flexibility index (Phi) is 0.452. The summed E-state index contributed by atoms with van der Waals surface area (Å²) in [5.74, 6) is -3.60. The highest BCUT2D eigenvalue weighted by atomic mass is 15.1. The molecular weight excluding hydrogens is 112 g/mol. The molecule has 1 unspecified atom stereocenters. The number of piperazine rings is 1. The van der Waals surface area contributed by atoms with Gasteiger partial charge in [-0.15, -0.1) is 0 Å². The van der Waals surface area contributed by atoms with E-state index in [2.05, 4.69) is 0 Å². The van der Waals surface area contributed by atoms with Crippen LogP contribution in [0.2, 0.25) is 0 Å². The molecule has 1 aliphatic heterocycles. The molecule has 2 N–H and O–H groups in total. The Bertz CT molecular complexity index is 397. The number of nitrogens with one attached hydrogen (secondary N) is 2. The van der Waals surface area contributed by atoms with E-state index in [0.717, 1.165) is 0 Å². The molecular formula is C7H16N2. The molecule has 0 bridgehead atoms. The van der Waals surface area contributed by atoms with E-state index in [4.69, 9.17) is 16.4 Å². The van der Waals surface area contributed by atoms with Crippen molar-refractivity contribution in [1.29, 1.82) is 0 Å². The van der Waals surface area contributed by atoms with Crippen molar-refractivity contribution in [3.05, 3.63) is 0 Å². The van der Waals surface area contributed by atoms with E-state index in [0.29, 0.717) is 0 Å². The van der Waals surface area contributed by atoms with Crippen molar-refractivity contribution in [2.75, 3.05) is 19.5 Å². The van der Waals surface area contributed by atoms with Crippen LogP contribution >= 0.6 is 0 Å². The molecule has 9 heavy (non-hydrogen) atoms. The van der Waals surface area contributed by atoms with Crippen LogP contribution in [0.15, 0.2) is 0 Å². The topological polar surface area (TPSA) is 24.1 Å². The van der Waals surface area contributed by atoms with Gasteiger partial charge in [0.2, 0.25) is 0 Å². The van der Waals surface area contributed by atoms with Crippen molar-refractivity contribution in [3.8, 4) is 0 Å². The van der Waals surface area contributed by atoms with E-state index in [1.54, 1.807) is 5.32 Å². The molecule has 0 aromatic heterocycles. The lowest BCUT2D eigenvalue weighted by atomic mass is 10.0. The molecule has 1 aliphatic rings. The predicted octanol–water partition coefficient (Wildman–Crippen LogP) is 0.204. The van der Waals surface area contributed by atoms with Gasteiger partial charge in [-0.2, -0.15) is 0 Å². The predicted molar refractivity (Wildman–Crippen MR) is 39.5 cm³/mol. The molecule has 0 amide bonds. The molecule has 0 aromatic carbocycles. The Labute approximate surface area is 73.9 Å². The van der Waals surface area contributed by atoms with Crippen LogP contribution < -0.4 is 10.6 Å².